The highest BCUT2D eigenvalue weighted by molar-refractivity contribution is 5.95. The zero-order chi connectivity index (χ0) is 18.8. The van der Waals surface area contributed by atoms with Crippen molar-refractivity contribution < 1.29 is 19.7 Å². The molecule has 0 fully saturated rings. The van der Waals surface area contributed by atoms with E-state index in [1.54, 1.807) is 6.07 Å². The summed E-state index contributed by atoms with van der Waals surface area (Å²) >= 11 is 0. The second-order valence-corrected chi connectivity index (χ2v) is 6.54. The molecule has 2 unspecified atom stereocenters. The number of hydrogen-bond donors (Lipinski definition) is 3. The maximum absolute atomic E-state index is 12.4. The summed E-state index contributed by atoms with van der Waals surface area (Å²) in [6, 6.07) is 10.6. The van der Waals surface area contributed by atoms with E-state index in [1.165, 1.54) is 30.5 Å². The molecule has 0 saturated heterocycles. The van der Waals surface area contributed by atoms with Gasteiger partial charge in [0.05, 0.1) is 7.11 Å². The van der Waals surface area contributed by atoms with Crippen LogP contribution in [-0.4, -0.2) is 36.3 Å². The molecule has 0 saturated carbocycles. The number of aromatic hydroxyl groups is 1. The van der Waals surface area contributed by atoms with E-state index in [9.17, 15) is 15.0 Å². The van der Waals surface area contributed by atoms with Crippen molar-refractivity contribution in [2.24, 2.45) is 0 Å². The molecule has 6 nitrogen and oxygen atoms in total. The third-order valence-corrected chi connectivity index (χ3v) is 4.97. The van der Waals surface area contributed by atoms with Crippen molar-refractivity contribution in [2.45, 2.75) is 31.9 Å². The molecule has 1 amide bonds. The minimum absolute atomic E-state index is 0.122. The van der Waals surface area contributed by atoms with Crippen molar-refractivity contribution >= 4 is 17.3 Å². The second kappa shape index (κ2) is 7.25. The second-order valence-electron chi connectivity index (χ2n) is 6.54. The smallest absolute Gasteiger partial charge is 0.257 e. The predicted molar refractivity (Wildman–Crippen MR) is 101 cm³/mol. The molecule has 0 bridgehead atoms. The summed E-state index contributed by atoms with van der Waals surface area (Å²) in [5, 5.41) is 22.8. The molecule has 26 heavy (non-hydrogen) atoms. The number of likely N-dealkylation sites (N-methyl/N-ethyl adjacent to an activating group) is 1. The summed E-state index contributed by atoms with van der Waals surface area (Å²) in [5.41, 5.74) is 3.31. The van der Waals surface area contributed by atoms with Gasteiger partial charge in [0.15, 0.2) is 17.6 Å². The van der Waals surface area contributed by atoms with Gasteiger partial charge >= 0.3 is 0 Å². The number of phenols is 1. The third-order valence-electron chi connectivity index (χ3n) is 4.97. The number of methoxy groups -OCH3 is 1. The predicted octanol–water partition coefficient (Wildman–Crippen LogP) is 2.84. The first-order valence-corrected chi connectivity index (χ1v) is 8.66. The van der Waals surface area contributed by atoms with Crippen LogP contribution in [0.3, 0.4) is 0 Å². The Hall–Kier alpha value is -2.73. The number of anilines is 2. The molecule has 3 N–H and O–H groups in total. The normalized spacial score (nSPS) is 16.9. The highest BCUT2D eigenvalue weighted by Gasteiger charge is 2.25. The lowest BCUT2D eigenvalue weighted by Crippen LogP contribution is -2.26. The van der Waals surface area contributed by atoms with Crippen molar-refractivity contribution in [3.63, 3.8) is 0 Å². The number of carbonyl (C=O) groups is 1. The van der Waals surface area contributed by atoms with E-state index in [1.807, 2.05) is 18.2 Å². The van der Waals surface area contributed by atoms with Crippen LogP contribution in [0.15, 0.2) is 36.4 Å². The fourth-order valence-corrected chi connectivity index (χ4v) is 3.42. The summed E-state index contributed by atoms with van der Waals surface area (Å²) in [7, 11) is 3.52. The Labute approximate surface area is 153 Å². The van der Waals surface area contributed by atoms with Gasteiger partial charge in [0.25, 0.3) is 5.91 Å². The van der Waals surface area contributed by atoms with Crippen molar-refractivity contribution in [3.8, 4) is 11.5 Å². The monoisotopic (exact) mass is 356 g/mol. The van der Waals surface area contributed by atoms with Crippen molar-refractivity contribution in [1.82, 2.24) is 0 Å². The van der Waals surface area contributed by atoms with Gasteiger partial charge in [0.1, 0.15) is 0 Å². The fraction of sp³-hybridized carbons (Fsp3) is 0.350. The molecule has 1 aliphatic heterocycles. The summed E-state index contributed by atoms with van der Waals surface area (Å²) in [6.45, 7) is 2.16. The van der Waals surface area contributed by atoms with Gasteiger partial charge in [-0.15, -0.1) is 0 Å². The van der Waals surface area contributed by atoms with Gasteiger partial charge in [-0.05, 0) is 54.3 Å². The molecule has 2 aromatic rings. The largest absolute Gasteiger partial charge is 0.504 e. The molecule has 0 spiro atoms. The average Bonchev–Trinajstić information content (AvgIpc) is 2.96. The first-order valence-electron chi connectivity index (χ1n) is 8.66. The van der Waals surface area contributed by atoms with Crippen molar-refractivity contribution in [1.29, 1.82) is 0 Å². The number of aliphatic hydroxyl groups excluding tert-OH is 1. The number of fused-ring (bicyclic) bond motifs is 1. The molecule has 6 heteroatoms. The number of aliphatic hydroxyl groups is 1. The minimum atomic E-state index is -1.38. The average molecular weight is 356 g/mol. The van der Waals surface area contributed by atoms with Crippen LogP contribution < -0.4 is 15.0 Å². The zero-order valence-electron chi connectivity index (χ0n) is 15.2. The Morgan fingerprint density at radius 2 is 2.12 bits per heavy atom. The molecule has 2 aromatic carbocycles. The maximum Gasteiger partial charge on any atom is 0.257 e. The lowest BCUT2D eigenvalue weighted by molar-refractivity contribution is -0.124. The van der Waals surface area contributed by atoms with Crippen LogP contribution in [0.5, 0.6) is 11.5 Å². The third kappa shape index (κ3) is 3.32. The molecule has 3 rings (SSSR count). The number of rotatable bonds is 5. The van der Waals surface area contributed by atoms with Gasteiger partial charge in [0.2, 0.25) is 0 Å². The topological polar surface area (TPSA) is 82.0 Å². The molecule has 0 aromatic heterocycles. The fourth-order valence-electron chi connectivity index (χ4n) is 3.42. The number of amides is 1. The number of carbonyl (C=O) groups excluding carboxylic acids is 1. The van der Waals surface area contributed by atoms with Gasteiger partial charge < -0.3 is 25.2 Å². The number of phenolic OH excluding ortho intramolecular Hbond substituents is 1. The van der Waals surface area contributed by atoms with Crippen molar-refractivity contribution in [3.05, 3.63) is 47.5 Å². The van der Waals surface area contributed by atoms with Crippen LogP contribution >= 0.6 is 0 Å². The SMILES string of the molecule is CCC1Cc2cc(NC(=O)C(O)c3ccc(OC)c(O)c3)ccc2N1C. The van der Waals surface area contributed by atoms with Crippen LogP contribution in [0.1, 0.15) is 30.6 Å². The van der Waals surface area contributed by atoms with E-state index in [0.717, 1.165) is 12.8 Å². The quantitative estimate of drug-likeness (QED) is 0.767. The van der Waals surface area contributed by atoms with Gasteiger partial charge in [-0.25, -0.2) is 0 Å². The van der Waals surface area contributed by atoms with E-state index in [-0.39, 0.29) is 11.5 Å². The van der Waals surface area contributed by atoms with Crippen LogP contribution in [0.25, 0.3) is 0 Å². The maximum atomic E-state index is 12.4. The highest BCUT2D eigenvalue weighted by Crippen LogP contribution is 2.34. The number of nitrogens with one attached hydrogen (secondary N) is 1. The Kier molecular flexibility index (Phi) is 5.04. The first-order chi connectivity index (χ1) is 12.4. The van der Waals surface area contributed by atoms with Crippen LogP contribution in [-0.2, 0) is 11.2 Å². The van der Waals surface area contributed by atoms with Crippen molar-refractivity contribution in [2.75, 3.05) is 24.4 Å². The Balaban J connectivity index is 1.73. The summed E-state index contributed by atoms with van der Waals surface area (Å²) in [4.78, 5) is 14.6. The van der Waals surface area contributed by atoms with E-state index in [4.69, 9.17) is 4.74 Å². The van der Waals surface area contributed by atoms with E-state index >= 15 is 0 Å². The lowest BCUT2D eigenvalue weighted by atomic mass is 10.1. The van der Waals surface area contributed by atoms with Crippen LogP contribution in [0.2, 0.25) is 0 Å². The molecular weight excluding hydrogens is 332 g/mol. The molecular formula is C20H24N2O4. The van der Waals surface area contributed by atoms with Gasteiger partial charge in [-0.2, -0.15) is 0 Å². The summed E-state index contributed by atoms with van der Waals surface area (Å²) in [5.74, 6) is -0.384. The molecule has 1 aliphatic rings. The van der Waals surface area contributed by atoms with Gasteiger partial charge in [-0.1, -0.05) is 13.0 Å². The number of ether oxygens (including phenoxy) is 1. The number of hydrogen-bond acceptors (Lipinski definition) is 5. The summed E-state index contributed by atoms with van der Waals surface area (Å²) in [6.07, 6.45) is 0.624. The molecule has 1 heterocycles. The van der Waals surface area contributed by atoms with E-state index < -0.39 is 12.0 Å². The Bertz CT molecular complexity index is 821. The first kappa shape index (κ1) is 18.1. The standard InChI is InChI=1S/C20H24N2O4/c1-4-15-10-13-9-14(6-7-16(13)22(15)2)21-20(25)19(24)12-5-8-18(26-3)17(23)11-12/h5-9,11,15,19,23-24H,4,10H2,1-3H3,(H,21,25). The lowest BCUT2D eigenvalue weighted by Gasteiger charge is -2.21. The molecule has 0 radical (unpaired) electrons. The van der Waals surface area contributed by atoms with Gasteiger partial charge in [-0.3, -0.25) is 4.79 Å². The number of benzene rings is 2. The highest BCUT2D eigenvalue weighted by atomic mass is 16.5. The zero-order valence-corrected chi connectivity index (χ0v) is 15.2. The van der Waals surface area contributed by atoms with Gasteiger partial charge in [0, 0.05) is 24.5 Å². The molecule has 0 aliphatic carbocycles. The minimum Gasteiger partial charge on any atom is -0.504 e. The summed E-state index contributed by atoms with van der Waals surface area (Å²) < 4.78 is 4.97. The van der Waals surface area contributed by atoms with Crippen LogP contribution in [0.4, 0.5) is 11.4 Å². The number of nitrogens with zero attached hydrogens (tertiary/aromatic N) is 1. The van der Waals surface area contributed by atoms with E-state index in [0.29, 0.717) is 17.3 Å². The molecule has 138 valence electrons. The van der Waals surface area contributed by atoms with E-state index in [2.05, 4.69) is 24.2 Å². The Morgan fingerprint density at radius 1 is 1.35 bits per heavy atom. The Morgan fingerprint density at radius 3 is 2.77 bits per heavy atom. The van der Waals surface area contributed by atoms with Crippen LogP contribution in [0, 0.1) is 0 Å². The molecule has 2 atom stereocenters.